The van der Waals surface area contributed by atoms with Gasteiger partial charge in [0.1, 0.15) is 6.33 Å². The molecule has 2 aromatic heterocycles. The number of rotatable bonds is 3. The molecule has 0 fully saturated rings. The molecule has 2 N–H and O–H groups in total. The Labute approximate surface area is 128 Å². The molecule has 0 saturated heterocycles. The summed E-state index contributed by atoms with van der Waals surface area (Å²) in [6.07, 6.45) is 1.45. The van der Waals surface area contributed by atoms with E-state index in [0.29, 0.717) is 10.4 Å². The van der Waals surface area contributed by atoms with E-state index < -0.39 is 5.91 Å². The highest BCUT2D eigenvalue weighted by molar-refractivity contribution is 7.12. The number of carbonyl (C=O) groups is 2. The van der Waals surface area contributed by atoms with Gasteiger partial charge < -0.3 is 0 Å². The molecule has 3 rings (SSSR count). The van der Waals surface area contributed by atoms with Crippen LogP contribution >= 0.6 is 11.3 Å². The van der Waals surface area contributed by atoms with Gasteiger partial charge in [0.05, 0.1) is 10.6 Å². The third kappa shape index (κ3) is 2.99. The second-order valence-corrected chi connectivity index (χ2v) is 5.13. The number of tetrazole rings is 1. The van der Waals surface area contributed by atoms with E-state index >= 15 is 0 Å². The van der Waals surface area contributed by atoms with E-state index in [-0.39, 0.29) is 5.91 Å². The van der Waals surface area contributed by atoms with Crippen LogP contribution in [0.4, 0.5) is 0 Å². The van der Waals surface area contributed by atoms with Gasteiger partial charge in [-0.1, -0.05) is 6.07 Å². The molecular weight excluding hydrogens is 304 g/mol. The van der Waals surface area contributed by atoms with Gasteiger partial charge in [0, 0.05) is 5.56 Å². The molecule has 110 valence electrons. The van der Waals surface area contributed by atoms with Gasteiger partial charge in [0.25, 0.3) is 11.8 Å². The molecule has 2 heterocycles. The van der Waals surface area contributed by atoms with Crippen molar-refractivity contribution in [1.29, 1.82) is 0 Å². The van der Waals surface area contributed by atoms with Crippen LogP contribution in [0, 0.1) is 0 Å². The molecule has 9 heteroatoms. The summed E-state index contributed by atoms with van der Waals surface area (Å²) in [6.45, 7) is 0. The Hall–Kier alpha value is -3.07. The Balaban J connectivity index is 1.62. The van der Waals surface area contributed by atoms with E-state index in [9.17, 15) is 9.59 Å². The Morgan fingerprint density at radius 3 is 2.45 bits per heavy atom. The zero-order chi connectivity index (χ0) is 15.4. The van der Waals surface area contributed by atoms with E-state index in [0.717, 1.165) is 5.69 Å². The van der Waals surface area contributed by atoms with E-state index in [1.54, 1.807) is 41.8 Å². The van der Waals surface area contributed by atoms with Crippen molar-refractivity contribution in [3.05, 3.63) is 58.5 Å². The molecule has 0 saturated carbocycles. The van der Waals surface area contributed by atoms with Crippen LogP contribution in [0.15, 0.2) is 48.1 Å². The predicted molar refractivity (Wildman–Crippen MR) is 78.4 cm³/mol. The van der Waals surface area contributed by atoms with Crippen molar-refractivity contribution in [2.75, 3.05) is 0 Å². The first kappa shape index (κ1) is 13.9. The molecule has 8 nitrogen and oxygen atoms in total. The number of amides is 2. The number of nitrogens with zero attached hydrogens (tertiary/aromatic N) is 4. The van der Waals surface area contributed by atoms with Gasteiger partial charge >= 0.3 is 0 Å². The second kappa shape index (κ2) is 6.14. The molecule has 0 unspecified atom stereocenters. The molecule has 0 aliphatic carbocycles. The Morgan fingerprint density at radius 2 is 1.82 bits per heavy atom. The van der Waals surface area contributed by atoms with Crippen LogP contribution < -0.4 is 10.9 Å². The van der Waals surface area contributed by atoms with E-state index in [1.165, 1.54) is 22.3 Å². The van der Waals surface area contributed by atoms with Crippen LogP contribution in [0.3, 0.4) is 0 Å². The molecule has 3 aromatic rings. The van der Waals surface area contributed by atoms with E-state index in [4.69, 9.17) is 0 Å². The van der Waals surface area contributed by atoms with Gasteiger partial charge in [-0.3, -0.25) is 20.4 Å². The molecule has 0 bridgehead atoms. The van der Waals surface area contributed by atoms with Crippen LogP contribution in [0.25, 0.3) is 5.69 Å². The highest BCUT2D eigenvalue weighted by Crippen LogP contribution is 2.08. The lowest BCUT2D eigenvalue weighted by atomic mass is 10.2. The van der Waals surface area contributed by atoms with Crippen LogP contribution in [-0.4, -0.2) is 32.0 Å². The maximum Gasteiger partial charge on any atom is 0.279 e. The average Bonchev–Trinajstić information content (AvgIpc) is 3.25. The lowest BCUT2D eigenvalue weighted by Crippen LogP contribution is -2.41. The van der Waals surface area contributed by atoms with Gasteiger partial charge in [0.15, 0.2) is 0 Å². The monoisotopic (exact) mass is 314 g/mol. The van der Waals surface area contributed by atoms with Crippen molar-refractivity contribution in [3.8, 4) is 5.69 Å². The highest BCUT2D eigenvalue weighted by Gasteiger charge is 2.10. The van der Waals surface area contributed by atoms with Crippen molar-refractivity contribution >= 4 is 23.2 Å². The van der Waals surface area contributed by atoms with Gasteiger partial charge in [-0.2, -0.15) is 0 Å². The fourth-order valence-corrected chi connectivity index (χ4v) is 2.32. The molecule has 0 aliphatic heterocycles. The SMILES string of the molecule is O=C(NNC(=O)c1cccs1)c1ccc(-n2cnnn2)cc1. The third-order valence-corrected chi connectivity index (χ3v) is 3.65. The summed E-state index contributed by atoms with van der Waals surface area (Å²) in [5.41, 5.74) is 5.85. The Morgan fingerprint density at radius 1 is 1.05 bits per heavy atom. The first-order valence-corrected chi connectivity index (χ1v) is 7.09. The molecule has 22 heavy (non-hydrogen) atoms. The Kier molecular flexibility index (Phi) is 3.88. The molecular formula is C13H10N6O2S. The fraction of sp³-hybridized carbons (Fsp3) is 0. The van der Waals surface area contributed by atoms with Gasteiger partial charge in [0.2, 0.25) is 0 Å². The standard InChI is InChI=1S/C13H10N6O2S/c20-12(15-16-13(21)11-2-1-7-22-11)9-3-5-10(6-4-9)19-8-14-17-18-19/h1-8H,(H,15,20)(H,16,21). The smallest absolute Gasteiger partial charge is 0.267 e. The number of nitrogens with one attached hydrogen (secondary N) is 2. The average molecular weight is 314 g/mol. The molecule has 0 radical (unpaired) electrons. The van der Waals surface area contributed by atoms with Gasteiger partial charge in [-0.25, -0.2) is 4.68 Å². The van der Waals surface area contributed by atoms with E-state index in [2.05, 4.69) is 26.4 Å². The van der Waals surface area contributed by atoms with Crippen molar-refractivity contribution in [2.24, 2.45) is 0 Å². The summed E-state index contributed by atoms with van der Waals surface area (Å²) < 4.78 is 1.47. The van der Waals surface area contributed by atoms with Crippen molar-refractivity contribution < 1.29 is 9.59 Å². The molecule has 0 atom stereocenters. The molecule has 1 aromatic carbocycles. The summed E-state index contributed by atoms with van der Waals surface area (Å²) in [7, 11) is 0. The lowest BCUT2D eigenvalue weighted by molar-refractivity contribution is 0.0849. The Bertz CT molecular complexity index is 767. The lowest BCUT2D eigenvalue weighted by Gasteiger charge is -2.07. The van der Waals surface area contributed by atoms with Crippen molar-refractivity contribution in [3.63, 3.8) is 0 Å². The summed E-state index contributed by atoms with van der Waals surface area (Å²) in [6, 6.07) is 10.1. The minimum Gasteiger partial charge on any atom is -0.267 e. The quantitative estimate of drug-likeness (QED) is 0.696. The first-order valence-electron chi connectivity index (χ1n) is 6.21. The summed E-state index contributed by atoms with van der Waals surface area (Å²) in [5.74, 6) is -0.762. The fourth-order valence-electron chi connectivity index (χ4n) is 1.70. The van der Waals surface area contributed by atoms with Gasteiger partial charge in [-0.15, -0.1) is 16.4 Å². The number of hydrazine groups is 1. The van der Waals surface area contributed by atoms with Gasteiger partial charge in [-0.05, 0) is 46.1 Å². The normalized spacial score (nSPS) is 10.2. The molecule has 2 amide bonds. The first-order chi connectivity index (χ1) is 10.7. The summed E-state index contributed by atoms with van der Waals surface area (Å²) in [5, 5.41) is 12.6. The zero-order valence-electron chi connectivity index (χ0n) is 11.1. The molecule has 0 spiro atoms. The minimum absolute atomic E-state index is 0.353. The number of thiophene rings is 1. The van der Waals surface area contributed by atoms with Crippen LogP contribution in [0.5, 0.6) is 0 Å². The maximum atomic E-state index is 11.9. The number of hydrogen-bond acceptors (Lipinski definition) is 6. The molecule has 0 aliphatic rings. The van der Waals surface area contributed by atoms with Crippen LogP contribution in [0.2, 0.25) is 0 Å². The summed E-state index contributed by atoms with van der Waals surface area (Å²) >= 11 is 1.29. The third-order valence-electron chi connectivity index (χ3n) is 2.78. The second-order valence-electron chi connectivity index (χ2n) is 4.19. The summed E-state index contributed by atoms with van der Waals surface area (Å²) in [4.78, 5) is 24.2. The number of benzene rings is 1. The zero-order valence-corrected chi connectivity index (χ0v) is 11.9. The largest absolute Gasteiger partial charge is 0.279 e. The minimum atomic E-state index is -0.409. The van der Waals surface area contributed by atoms with E-state index in [1.807, 2.05) is 0 Å². The van der Waals surface area contributed by atoms with Crippen LogP contribution in [0.1, 0.15) is 20.0 Å². The number of aromatic nitrogens is 4. The maximum absolute atomic E-state index is 11.9. The van der Waals surface area contributed by atoms with Crippen molar-refractivity contribution in [2.45, 2.75) is 0 Å². The topological polar surface area (TPSA) is 102 Å². The van der Waals surface area contributed by atoms with Crippen molar-refractivity contribution in [1.82, 2.24) is 31.1 Å². The predicted octanol–water partition coefficient (Wildman–Crippen LogP) is 0.799. The van der Waals surface area contributed by atoms with Crippen LogP contribution in [-0.2, 0) is 0 Å². The highest BCUT2D eigenvalue weighted by atomic mass is 32.1. The number of carbonyl (C=O) groups excluding carboxylic acids is 2. The number of hydrogen-bond donors (Lipinski definition) is 2.